The van der Waals surface area contributed by atoms with Crippen LogP contribution in [0, 0.1) is 0 Å². The van der Waals surface area contributed by atoms with Crippen LogP contribution in [-0.4, -0.2) is 47.8 Å². The number of alkyl halides is 3. The summed E-state index contributed by atoms with van der Waals surface area (Å²) in [6, 6.07) is 7.34. The smallest absolute Gasteiger partial charge is 0.422 e. The summed E-state index contributed by atoms with van der Waals surface area (Å²) < 4.78 is 42.7. The molecule has 1 aromatic carbocycles. The van der Waals surface area contributed by atoms with Crippen LogP contribution in [0.1, 0.15) is 36.2 Å². The molecular weight excluding hydrogens is 437 g/mol. The third kappa shape index (κ3) is 6.30. The maximum Gasteiger partial charge on any atom is 0.422 e. The SMILES string of the molecule is CON=C1CCCCC1NC(=O)c1cc(-c2ccc(Cl)cc2)c(OCC(F)(F)F)nn1. The lowest BCUT2D eigenvalue weighted by molar-refractivity contribution is -0.154. The molecule has 11 heteroatoms. The second kappa shape index (κ2) is 9.95. The van der Waals surface area contributed by atoms with Crippen molar-refractivity contribution in [3.05, 3.63) is 41.0 Å². The number of benzene rings is 1. The molecule has 7 nitrogen and oxygen atoms in total. The van der Waals surface area contributed by atoms with Gasteiger partial charge in [0, 0.05) is 10.6 Å². The maximum atomic E-state index is 12.8. The van der Waals surface area contributed by atoms with E-state index in [1.54, 1.807) is 24.3 Å². The molecule has 0 saturated heterocycles. The number of rotatable bonds is 6. The molecule has 1 heterocycles. The number of aromatic nitrogens is 2. The quantitative estimate of drug-likeness (QED) is 0.651. The van der Waals surface area contributed by atoms with E-state index < -0.39 is 18.7 Å². The van der Waals surface area contributed by atoms with Crippen molar-refractivity contribution in [1.82, 2.24) is 15.5 Å². The zero-order chi connectivity index (χ0) is 22.4. The summed E-state index contributed by atoms with van der Waals surface area (Å²) in [6.07, 6.45) is -1.30. The zero-order valence-electron chi connectivity index (χ0n) is 16.6. The molecular formula is C20H20ClF3N4O3. The lowest BCUT2D eigenvalue weighted by Crippen LogP contribution is -2.43. The molecule has 0 bridgehead atoms. The van der Waals surface area contributed by atoms with E-state index >= 15 is 0 Å². The number of nitrogens with one attached hydrogen (secondary N) is 1. The molecule has 0 radical (unpaired) electrons. The van der Waals surface area contributed by atoms with Gasteiger partial charge in [0.15, 0.2) is 12.3 Å². The molecule has 2 aromatic rings. The van der Waals surface area contributed by atoms with E-state index in [1.165, 1.54) is 13.2 Å². The first-order valence-corrected chi connectivity index (χ1v) is 9.88. The van der Waals surface area contributed by atoms with E-state index in [0.29, 0.717) is 23.4 Å². The van der Waals surface area contributed by atoms with Gasteiger partial charge in [-0.05, 0) is 43.0 Å². The molecule has 1 unspecified atom stereocenters. The van der Waals surface area contributed by atoms with E-state index in [4.69, 9.17) is 21.2 Å². The number of hydrogen-bond donors (Lipinski definition) is 1. The first-order chi connectivity index (χ1) is 14.8. The van der Waals surface area contributed by atoms with Crippen molar-refractivity contribution in [3.63, 3.8) is 0 Å². The maximum absolute atomic E-state index is 12.8. The van der Waals surface area contributed by atoms with Crippen LogP contribution in [0.25, 0.3) is 11.1 Å². The molecule has 1 amide bonds. The number of amides is 1. The van der Waals surface area contributed by atoms with Gasteiger partial charge in [0.25, 0.3) is 5.91 Å². The van der Waals surface area contributed by atoms with Gasteiger partial charge in [0.2, 0.25) is 5.88 Å². The minimum Gasteiger partial charge on any atom is -0.467 e. The van der Waals surface area contributed by atoms with Crippen molar-refractivity contribution in [2.45, 2.75) is 37.9 Å². The molecule has 1 aliphatic carbocycles. The van der Waals surface area contributed by atoms with Crippen LogP contribution >= 0.6 is 11.6 Å². The standard InChI is InChI=1S/C20H20ClF3N4O3/c1-30-28-16-5-3-2-4-15(16)25-18(29)17-10-14(12-6-8-13(21)9-7-12)19(27-26-17)31-11-20(22,23)24/h6-10,15H,2-5,11H2,1H3,(H,25,29). The summed E-state index contributed by atoms with van der Waals surface area (Å²) in [5.74, 6) is -0.865. The summed E-state index contributed by atoms with van der Waals surface area (Å²) in [4.78, 5) is 17.6. The third-order valence-corrected chi connectivity index (χ3v) is 4.86. The zero-order valence-corrected chi connectivity index (χ0v) is 17.3. The molecule has 1 fully saturated rings. The van der Waals surface area contributed by atoms with Gasteiger partial charge in [-0.3, -0.25) is 4.79 Å². The van der Waals surface area contributed by atoms with Crippen molar-refractivity contribution in [1.29, 1.82) is 0 Å². The predicted molar refractivity (Wildman–Crippen MR) is 108 cm³/mol. The number of hydrogen-bond acceptors (Lipinski definition) is 6. The van der Waals surface area contributed by atoms with E-state index in [0.717, 1.165) is 18.6 Å². The van der Waals surface area contributed by atoms with Gasteiger partial charge in [-0.1, -0.05) is 35.3 Å². The van der Waals surface area contributed by atoms with E-state index in [1.807, 2.05) is 0 Å². The van der Waals surface area contributed by atoms with Gasteiger partial charge in [0.05, 0.1) is 11.8 Å². The van der Waals surface area contributed by atoms with Gasteiger partial charge in [-0.25, -0.2) is 0 Å². The van der Waals surface area contributed by atoms with Crippen molar-refractivity contribution in [2.24, 2.45) is 5.16 Å². The minimum absolute atomic E-state index is 0.0633. The highest BCUT2D eigenvalue weighted by Gasteiger charge is 2.30. The molecule has 1 aliphatic rings. The fraction of sp³-hybridized carbons (Fsp3) is 0.400. The summed E-state index contributed by atoms with van der Waals surface area (Å²) in [6.45, 7) is -1.53. The number of ether oxygens (including phenoxy) is 1. The van der Waals surface area contributed by atoms with E-state index in [9.17, 15) is 18.0 Å². The second-order valence-electron chi connectivity index (χ2n) is 6.90. The topological polar surface area (TPSA) is 85.7 Å². The third-order valence-electron chi connectivity index (χ3n) is 4.61. The van der Waals surface area contributed by atoms with Gasteiger partial charge in [-0.15, -0.1) is 10.2 Å². The van der Waals surface area contributed by atoms with Crippen molar-refractivity contribution in [2.75, 3.05) is 13.7 Å². The molecule has 31 heavy (non-hydrogen) atoms. The predicted octanol–water partition coefficient (Wildman–Crippen LogP) is 4.41. The summed E-state index contributed by atoms with van der Waals surface area (Å²) in [5, 5.41) is 14.8. The highest BCUT2D eigenvalue weighted by Crippen LogP contribution is 2.30. The average Bonchev–Trinajstić information content (AvgIpc) is 2.74. The molecule has 1 saturated carbocycles. The van der Waals surface area contributed by atoms with Crippen LogP contribution in [0.15, 0.2) is 35.5 Å². The Kier molecular flexibility index (Phi) is 7.32. The number of carbonyl (C=O) groups is 1. The Morgan fingerprint density at radius 2 is 2.00 bits per heavy atom. The summed E-state index contributed by atoms with van der Waals surface area (Å²) in [7, 11) is 1.43. The van der Waals surface area contributed by atoms with Gasteiger partial charge in [0.1, 0.15) is 7.11 Å². The molecule has 3 rings (SSSR count). The van der Waals surface area contributed by atoms with Crippen LogP contribution in [0.4, 0.5) is 13.2 Å². The lowest BCUT2D eigenvalue weighted by atomic mass is 9.93. The minimum atomic E-state index is -4.55. The van der Waals surface area contributed by atoms with Crippen molar-refractivity contribution in [3.8, 4) is 17.0 Å². The van der Waals surface area contributed by atoms with E-state index in [-0.39, 0.29) is 23.2 Å². The molecule has 1 N–H and O–H groups in total. The van der Waals surface area contributed by atoms with Crippen LogP contribution in [0.3, 0.4) is 0 Å². The van der Waals surface area contributed by atoms with Crippen molar-refractivity contribution >= 4 is 23.2 Å². The van der Waals surface area contributed by atoms with Crippen LogP contribution < -0.4 is 10.1 Å². The molecule has 0 spiro atoms. The Hall–Kier alpha value is -2.88. The van der Waals surface area contributed by atoms with Gasteiger partial charge >= 0.3 is 6.18 Å². The average molecular weight is 457 g/mol. The molecule has 0 aliphatic heterocycles. The van der Waals surface area contributed by atoms with Crippen LogP contribution in [0.2, 0.25) is 5.02 Å². The van der Waals surface area contributed by atoms with Crippen LogP contribution in [0.5, 0.6) is 5.88 Å². The fourth-order valence-electron chi connectivity index (χ4n) is 3.19. The first kappa shape index (κ1) is 22.8. The monoisotopic (exact) mass is 456 g/mol. The number of nitrogens with zero attached hydrogens (tertiary/aromatic N) is 3. The highest BCUT2D eigenvalue weighted by atomic mass is 35.5. The van der Waals surface area contributed by atoms with Gasteiger partial charge in [-0.2, -0.15) is 13.2 Å². The molecule has 1 aromatic heterocycles. The highest BCUT2D eigenvalue weighted by molar-refractivity contribution is 6.30. The Morgan fingerprint density at radius 1 is 1.26 bits per heavy atom. The fourth-order valence-corrected chi connectivity index (χ4v) is 3.32. The van der Waals surface area contributed by atoms with Crippen molar-refractivity contribution < 1.29 is 27.5 Å². The largest absolute Gasteiger partial charge is 0.467 e. The van der Waals surface area contributed by atoms with Crippen LogP contribution in [-0.2, 0) is 4.84 Å². The molecule has 166 valence electrons. The summed E-state index contributed by atoms with van der Waals surface area (Å²) in [5.41, 5.74) is 1.32. The Morgan fingerprint density at radius 3 is 2.68 bits per heavy atom. The Balaban J connectivity index is 1.88. The number of carbonyl (C=O) groups excluding carboxylic acids is 1. The molecule has 1 atom stereocenters. The Bertz CT molecular complexity index is 952. The number of halogens is 4. The first-order valence-electron chi connectivity index (χ1n) is 9.51. The lowest BCUT2D eigenvalue weighted by Gasteiger charge is -2.24. The Labute approximate surface area is 181 Å². The normalized spacial score (nSPS) is 18.0. The van der Waals surface area contributed by atoms with Gasteiger partial charge < -0.3 is 14.9 Å². The number of oxime groups is 1. The van der Waals surface area contributed by atoms with E-state index in [2.05, 4.69) is 20.7 Å². The summed E-state index contributed by atoms with van der Waals surface area (Å²) >= 11 is 5.90. The second-order valence-corrected chi connectivity index (χ2v) is 7.33.